The first kappa shape index (κ1) is 11.2. The summed E-state index contributed by atoms with van der Waals surface area (Å²) in [5, 5.41) is 0. The molecule has 0 radical (unpaired) electrons. The van der Waals surface area contributed by atoms with Gasteiger partial charge in [0.05, 0.1) is 17.4 Å². The van der Waals surface area contributed by atoms with Crippen molar-refractivity contribution in [3.8, 4) is 0 Å². The van der Waals surface area contributed by atoms with E-state index in [1.165, 1.54) is 7.11 Å². The van der Waals surface area contributed by atoms with Crippen LogP contribution in [-0.2, 0) is 14.3 Å². The van der Waals surface area contributed by atoms with Crippen molar-refractivity contribution in [3.63, 3.8) is 0 Å². The molecule has 1 aliphatic rings. The van der Waals surface area contributed by atoms with E-state index in [-0.39, 0.29) is 0 Å². The summed E-state index contributed by atoms with van der Waals surface area (Å²) in [5.74, 6) is -1.84. The first-order chi connectivity index (χ1) is 6.49. The number of methoxy groups -OCH3 is 1. The molecule has 0 bridgehead atoms. The second-order valence-corrected chi connectivity index (χ2v) is 4.94. The summed E-state index contributed by atoms with van der Waals surface area (Å²) in [4.78, 5) is 22.6. The summed E-state index contributed by atoms with van der Waals surface area (Å²) in [5.41, 5.74) is 0. The topological polar surface area (TPSA) is 43.4 Å². The van der Waals surface area contributed by atoms with Crippen LogP contribution in [0.25, 0.3) is 0 Å². The number of ether oxygens (including phenoxy) is 1. The van der Waals surface area contributed by atoms with Crippen molar-refractivity contribution in [2.24, 2.45) is 5.92 Å². The summed E-state index contributed by atoms with van der Waals surface area (Å²) in [6.45, 7) is 1.83. The lowest BCUT2D eigenvalue weighted by Crippen LogP contribution is -2.37. The fourth-order valence-corrected chi connectivity index (χ4v) is 1.80. The van der Waals surface area contributed by atoms with Crippen LogP contribution in [-0.4, -0.2) is 23.2 Å². The van der Waals surface area contributed by atoms with E-state index in [4.69, 9.17) is 0 Å². The minimum Gasteiger partial charge on any atom is -0.463 e. The van der Waals surface area contributed by atoms with Gasteiger partial charge in [-0.25, -0.2) is 4.79 Å². The number of carbonyl (C=O) groups is 2. The van der Waals surface area contributed by atoms with E-state index in [0.29, 0.717) is 0 Å². The molecule has 2 unspecified atom stereocenters. The molecule has 0 aromatic rings. The summed E-state index contributed by atoms with van der Waals surface area (Å²) in [6.07, 6.45) is 7.09. The van der Waals surface area contributed by atoms with Crippen LogP contribution in [0.15, 0.2) is 24.3 Å². The van der Waals surface area contributed by atoms with Crippen molar-refractivity contribution in [3.05, 3.63) is 24.3 Å². The highest BCUT2D eigenvalue weighted by molar-refractivity contribution is 9.10. The molecule has 0 aliphatic heterocycles. The van der Waals surface area contributed by atoms with Gasteiger partial charge in [0.15, 0.2) is 0 Å². The van der Waals surface area contributed by atoms with Gasteiger partial charge in [0.2, 0.25) is 5.78 Å². The zero-order valence-corrected chi connectivity index (χ0v) is 9.58. The maximum atomic E-state index is 11.6. The van der Waals surface area contributed by atoms with Gasteiger partial charge in [-0.3, -0.25) is 4.79 Å². The number of alkyl halides is 1. The molecule has 76 valence electrons. The number of ketones is 1. The molecular formula is C10H11BrO3. The van der Waals surface area contributed by atoms with Crippen LogP contribution in [0.5, 0.6) is 0 Å². The van der Waals surface area contributed by atoms with Crippen molar-refractivity contribution in [1.82, 2.24) is 0 Å². The minimum absolute atomic E-state index is 0.500. The van der Waals surface area contributed by atoms with Crippen LogP contribution in [0, 0.1) is 5.92 Å². The Bertz CT molecular complexity index is 315. The lowest BCUT2D eigenvalue weighted by Gasteiger charge is -2.27. The van der Waals surface area contributed by atoms with E-state index in [9.17, 15) is 9.59 Å². The van der Waals surface area contributed by atoms with Crippen LogP contribution < -0.4 is 0 Å². The number of Topliss-reactive ketones (excluding diaryl/α,β-unsaturated/α-hetero) is 1. The van der Waals surface area contributed by atoms with Gasteiger partial charge < -0.3 is 4.74 Å². The Balaban J connectivity index is 2.88. The zero-order chi connectivity index (χ0) is 10.8. The molecule has 0 amide bonds. The predicted octanol–water partition coefficient (Wildman–Crippen LogP) is 1.62. The molecule has 0 saturated heterocycles. The lowest BCUT2D eigenvalue weighted by molar-refractivity contribution is -0.153. The van der Waals surface area contributed by atoms with E-state index >= 15 is 0 Å². The molecule has 0 heterocycles. The Morgan fingerprint density at radius 3 is 2.57 bits per heavy atom. The van der Waals surface area contributed by atoms with Gasteiger partial charge in [-0.05, 0) is 6.92 Å². The maximum Gasteiger partial charge on any atom is 0.375 e. The van der Waals surface area contributed by atoms with Gasteiger partial charge in [0.1, 0.15) is 0 Å². The number of halogens is 1. The van der Waals surface area contributed by atoms with Crippen LogP contribution >= 0.6 is 15.9 Å². The number of hydrogen-bond donors (Lipinski definition) is 0. The quantitative estimate of drug-likeness (QED) is 0.430. The highest BCUT2D eigenvalue weighted by atomic mass is 79.9. The SMILES string of the molecule is COC(=O)C(=O)C1C=CC=CC1(C)Br. The molecule has 0 fully saturated rings. The molecular weight excluding hydrogens is 248 g/mol. The smallest absolute Gasteiger partial charge is 0.375 e. The third kappa shape index (κ3) is 2.12. The largest absolute Gasteiger partial charge is 0.463 e. The van der Waals surface area contributed by atoms with Gasteiger partial charge in [0.25, 0.3) is 0 Å². The maximum absolute atomic E-state index is 11.6. The third-order valence-corrected chi connectivity index (χ3v) is 2.87. The summed E-state index contributed by atoms with van der Waals surface area (Å²) in [7, 11) is 1.20. The second-order valence-electron chi connectivity index (χ2n) is 3.23. The minimum atomic E-state index is -0.805. The average Bonchev–Trinajstić information content (AvgIpc) is 2.15. The zero-order valence-electron chi connectivity index (χ0n) is 7.99. The van der Waals surface area contributed by atoms with E-state index in [0.717, 1.165) is 0 Å². The van der Waals surface area contributed by atoms with Gasteiger partial charge in [-0.2, -0.15) is 0 Å². The standard InChI is InChI=1S/C10H11BrO3/c1-10(11)6-4-3-5-7(10)8(12)9(13)14-2/h3-7H,1-2H3. The summed E-state index contributed by atoms with van der Waals surface area (Å²) >= 11 is 3.39. The number of esters is 1. The van der Waals surface area contributed by atoms with Crippen molar-refractivity contribution < 1.29 is 14.3 Å². The average molecular weight is 259 g/mol. The Labute approximate surface area is 90.9 Å². The Morgan fingerprint density at radius 1 is 1.43 bits per heavy atom. The van der Waals surface area contributed by atoms with Crippen molar-refractivity contribution >= 4 is 27.7 Å². The van der Waals surface area contributed by atoms with Crippen LogP contribution in [0.1, 0.15) is 6.92 Å². The Kier molecular flexibility index (Phi) is 3.26. The Hall–Kier alpha value is -0.900. The fraction of sp³-hybridized carbons (Fsp3) is 0.400. The normalized spacial score (nSPS) is 30.1. The second kappa shape index (κ2) is 4.09. The fourth-order valence-electron chi connectivity index (χ4n) is 1.28. The molecule has 14 heavy (non-hydrogen) atoms. The molecule has 1 rings (SSSR count). The van der Waals surface area contributed by atoms with E-state index in [1.807, 2.05) is 19.1 Å². The first-order valence-electron chi connectivity index (χ1n) is 4.16. The summed E-state index contributed by atoms with van der Waals surface area (Å²) in [6, 6.07) is 0. The predicted molar refractivity (Wildman–Crippen MR) is 56.1 cm³/mol. The molecule has 3 nitrogen and oxygen atoms in total. The van der Waals surface area contributed by atoms with Gasteiger partial charge in [-0.1, -0.05) is 40.2 Å². The Morgan fingerprint density at radius 2 is 2.07 bits per heavy atom. The van der Waals surface area contributed by atoms with Crippen LogP contribution in [0.3, 0.4) is 0 Å². The van der Waals surface area contributed by atoms with Crippen LogP contribution in [0.2, 0.25) is 0 Å². The van der Waals surface area contributed by atoms with Gasteiger partial charge in [-0.15, -0.1) is 0 Å². The summed E-state index contributed by atoms with van der Waals surface area (Å²) < 4.78 is 3.88. The molecule has 0 saturated carbocycles. The van der Waals surface area contributed by atoms with Gasteiger partial charge in [0, 0.05) is 0 Å². The molecule has 0 N–H and O–H groups in total. The molecule has 0 aromatic carbocycles. The highest BCUT2D eigenvalue weighted by Crippen LogP contribution is 2.33. The number of rotatable bonds is 2. The monoisotopic (exact) mass is 258 g/mol. The number of allylic oxidation sites excluding steroid dienone is 4. The number of carbonyl (C=O) groups excluding carboxylic acids is 2. The van der Waals surface area contributed by atoms with Crippen molar-refractivity contribution in [2.75, 3.05) is 7.11 Å². The molecule has 4 heteroatoms. The van der Waals surface area contributed by atoms with Gasteiger partial charge >= 0.3 is 5.97 Å². The van der Waals surface area contributed by atoms with Crippen molar-refractivity contribution in [1.29, 1.82) is 0 Å². The number of hydrogen-bond acceptors (Lipinski definition) is 3. The van der Waals surface area contributed by atoms with E-state index in [1.54, 1.807) is 12.2 Å². The molecule has 0 aromatic heterocycles. The third-order valence-electron chi connectivity index (χ3n) is 2.11. The van der Waals surface area contributed by atoms with Crippen molar-refractivity contribution in [2.45, 2.75) is 11.2 Å². The highest BCUT2D eigenvalue weighted by Gasteiger charge is 2.37. The van der Waals surface area contributed by atoms with E-state index < -0.39 is 22.0 Å². The lowest BCUT2D eigenvalue weighted by atomic mass is 9.86. The van der Waals surface area contributed by atoms with E-state index in [2.05, 4.69) is 20.7 Å². The van der Waals surface area contributed by atoms with Crippen LogP contribution in [0.4, 0.5) is 0 Å². The molecule has 2 atom stereocenters. The molecule has 0 spiro atoms. The molecule has 1 aliphatic carbocycles. The first-order valence-corrected chi connectivity index (χ1v) is 4.95.